The average Bonchev–Trinajstić information content (AvgIpc) is 3.29. The number of imide groups is 1. The van der Waals surface area contributed by atoms with Crippen molar-refractivity contribution in [2.45, 2.75) is 13.0 Å². The second-order valence-electron chi connectivity index (χ2n) is 7.23. The molecule has 142 valence electrons. The number of rotatable bonds is 5. The molecule has 10 nitrogen and oxygen atoms in total. The van der Waals surface area contributed by atoms with E-state index in [1.54, 1.807) is 19.0 Å². The fourth-order valence-electron chi connectivity index (χ4n) is 4.13. The molecule has 0 radical (unpaired) electrons. The van der Waals surface area contributed by atoms with Gasteiger partial charge in [-0.1, -0.05) is 12.2 Å². The lowest BCUT2D eigenvalue weighted by Crippen LogP contribution is -2.38. The topological polar surface area (TPSA) is 132 Å². The number of hydrogen-bond acceptors (Lipinski definition) is 9. The molecule has 4 unspecified atom stereocenters. The van der Waals surface area contributed by atoms with E-state index in [4.69, 9.17) is 10.5 Å². The van der Waals surface area contributed by atoms with Crippen LogP contribution in [-0.4, -0.2) is 58.3 Å². The van der Waals surface area contributed by atoms with Gasteiger partial charge in [-0.05, 0) is 18.3 Å². The smallest absolute Gasteiger partial charge is 0.326 e. The summed E-state index contributed by atoms with van der Waals surface area (Å²) in [6, 6.07) is 0. The van der Waals surface area contributed by atoms with E-state index in [1.165, 1.54) is 0 Å². The SMILES string of the molecule is CN(C)c1nc(N)nc(COC(=O)CN2C(=O)C3C4C=CC(C4)C3C2=O)n1. The van der Waals surface area contributed by atoms with Crippen LogP contribution in [0, 0.1) is 23.7 Å². The van der Waals surface area contributed by atoms with Gasteiger partial charge in [0.25, 0.3) is 0 Å². The molecule has 0 aromatic carbocycles. The lowest BCUT2D eigenvalue weighted by Gasteiger charge is -2.16. The quantitative estimate of drug-likeness (QED) is 0.407. The minimum atomic E-state index is -0.692. The fourth-order valence-corrected chi connectivity index (χ4v) is 4.13. The van der Waals surface area contributed by atoms with Crippen molar-refractivity contribution in [1.82, 2.24) is 19.9 Å². The maximum atomic E-state index is 12.6. The Labute approximate surface area is 155 Å². The van der Waals surface area contributed by atoms with E-state index in [1.807, 2.05) is 12.2 Å². The van der Waals surface area contributed by atoms with Gasteiger partial charge in [0.15, 0.2) is 12.4 Å². The third kappa shape index (κ3) is 2.90. The van der Waals surface area contributed by atoms with Crippen LogP contribution in [0.1, 0.15) is 12.2 Å². The van der Waals surface area contributed by atoms with Crippen molar-refractivity contribution in [3.8, 4) is 0 Å². The zero-order valence-corrected chi connectivity index (χ0v) is 15.0. The lowest BCUT2D eigenvalue weighted by molar-refractivity contribution is -0.154. The monoisotopic (exact) mass is 372 g/mol. The first-order valence-electron chi connectivity index (χ1n) is 8.72. The number of hydrogen-bond donors (Lipinski definition) is 1. The highest BCUT2D eigenvalue weighted by atomic mass is 16.5. The molecule has 4 rings (SSSR count). The number of ether oxygens (including phenoxy) is 1. The van der Waals surface area contributed by atoms with Crippen molar-refractivity contribution in [3.05, 3.63) is 18.0 Å². The Balaban J connectivity index is 1.38. The number of likely N-dealkylation sites (tertiary alicyclic amines) is 1. The number of esters is 1. The normalized spacial score (nSPS) is 28.0. The van der Waals surface area contributed by atoms with Crippen molar-refractivity contribution in [3.63, 3.8) is 0 Å². The Morgan fingerprint density at radius 3 is 2.41 bits per heavy atom. The van der Waals surface area contributed by atoms with Crippen LogP contribution in [0.4, 0.5) is 11.9 Å². The molecule has 3 aliphatic rings. The molecule has 10 heteroatoms. The average molecular weight is 372 g/mol. The van der Waals surface area contributed by atoms with Crippen LogP contribution in [0.25, 0.3) is 0 Å². The zero-order chi connectivity index (χ0) is 19.3. The van der Waals surface area contributed by atoms with Crippen molar-refractivity contribution in [1.29, 1.82) is 0 Å². The molecule has 0 spiro atoms. The summed E-state index contributed by atoms with van der Waals surface area (Å²) in [5.41, 5.74) is 5.62. The number of allylic oxidation sites excluding steroid dienone is 2. The number of carbonyl (C=O) groups is 3. The Bertz CT molecular complexity index is 824. The molecule has 1 aliphatic heterocycles. The number of fused-ring (bicyclic) bond motifs is 5. The van der Waals surface area contributed by atoms with E-state index in [0.717, 1.165) is 11.3 Å². The van der Waals surface area contributed by atoms with Gasteiger partial charge in [0.1, 0.15) is 6.54 Å². The highest BCUT2D eigenvalue weighted by Gasteiger charge is 2.59. The lowest BCUT2D eigenvalue weighted by atomic mass is 9.85. The largest absolute Gasteiger partial charge is 0.456 e. The third-order valence-electron chi connectivity index (χ3n) is 5.30. The van der Waals surface area contributed by atoms with E-state index in [-0.39, 0.29) is 53.9 Å². The Kier molecular flexibility index (Phi) is 4.05. The highest BCUT2D eigenvalue weighted by Crippen LogP contribution is 2.52. The number of nitrogens with two attached hydrogens (primary N) is 1. The second-order valence-corrected chi connectivity index (χ2v) is 7.23. The first kappa shape index (κ1) is 17.4. The Hall–Kier alpha value is -3.04. The summed E-state index contributed by atoms with van der Waals surface area (Å²) in [4.78, 5) is 52.0. The molecule has 2 N–H and O–H groups in total. The summed E-state index contributed by atoms with van der Waals surface area (Å²) in [6.45, 7) is -0.618. The summed E-state index contributed by atoms with van der Waals surface area (Å²) in [5.74, 6) is -1.14. The first-order valence-corrected chi connectivity index (χ1v) is 8.72. The van der Waals surface area contributed by atoms with Gasteiger partial charge in [-0.25, -0.2) is 0 Å². The van der Waals surface area contributed by atoms with Gasteiger partial charge in [-0.15, -0.1) is 0 Å². The Morgan fingerprint density at radius 2 is 1.81 bits per heavy atom. The van der Waals surface area contributed by atoms with Crippen LogP contribution in [0.5, 0.6) is 0 Å². The molecule has 2 amide bonds. The van der Waals surface area contributed by atoms with Gasteiger partial charge in [0.05, 0.1) is 11.8 Å². The van der Waals surface area contributed by atoms with Gasteiger partial charge in [-0.3, -0.25) is 19.3 Å². The molecular formula is C17H20N6O4. The van der Waals surface area contributed by atoms with E-state index >= 15 is 0 Å². The minimum absolute atomic E-state index is 0.0143. The number of nitrogens with zero attached hydrogens (tertiary/aromatic N) is 5. The van der Waals surface area contributed by atoms with Gasteiger partial charge < -0.3 is 15.4 Å². The molecule has 1 saturated carbocycles. The summed E-state index contributed by atoms with van der Waals surface area (Å²) in [6.07, 6.45) is 4.86. The van der Waals surface area contributed by atoms with Gasteiger partial charge in [-0.2, -0.15) is 15.0 Å². The number of amides is 2. The van der Waals surface area contributed by atoms with Crippen molar-refractivity contribution >= 4 is 29.7 Å². The van der Waals surface area contributed by atoms with Gasteiger partial charge >= 0.3 is 5.97 Å². The van der Waals surface area contributed by atoms with E-state index < -0.39 is 12.5 Å². The summed E-state index contributed by atoms with van der Waals surface area (Å²) < 4.78 is 5.14. The van der Waals surface area contributed by atoms with Crippen molar-refractivity contribution < 1.29 is 19.1 Å². The molecule has 2 heterocycles. The molecule has 2 fully saturated rings. The summed E-state index contributed by atoms with van der Waals surface area (Å²) >= 11 is 0. The van der Waals surface area contributed by atoms with Crippen LogP contribution in [0.3, 0.4) is 0 Å². The summed E-state index contributed by atoms with van der Waals surface area (Å²) in [5, 5.41) is 0. The second kappa shape index (κ2) is 6.29. The fraction of sp³-hybridized carbons (Fsp3) is 0.529. The molecule has 2 bridgehead atoms. The first-order chi connectivity index (χ1) is 12.8. The number of anilines is 2. The molecule has 1 aromatic rings. The van der Waals surface area contributed by atoms with Crippen LogP contribution in [0.2, 0.25) is 0 Å². The number of nitrogen functional groups attached to an aromatic ring is 1. The van der Waals surface area contributed by atoms with Crippen LogP contribution >= 0.6 is 0 Å². The predicted molar refractivity (Wildman–Crippen MR) is 92.8 cm³/mol. The molecule has 27 heavy (non-hydrogen) atoms. The van der Waals surface area contributed by atoms with Crippen molar-refractivity contribution in [2.75, 3.05) is 31.3 Å². The summed E-state index contributed by atoms with van der Waals surface area (Å²) in [7, 11) is 3.49. The van der Waals surface area contributed by atoms with Crippen molar-refractivity contribution in [2.24, 2.45) is 23.7 Å². The minimum Gasteiger partial charge on any atom is -0.456 e. The van der Waals surface area contributed by atoms with E-state index in [9.17, 15) is 14.4 Å². The molecule has 4 atom stereocenters. The van der Waals surface area contributed by atoms with Crippen LogP contribution < -0.4 is 10.6 Å². The van der Waals surface area contributed by atoms with Crippen LogP contribution in [-0.2, 0) is 25.7 Å². The van der Waals surface area contributed by atoms with E-state index in [2.05, 4.69) is 15.0 Å². The Morgan fingerprint density at radius 1 is 1.19 bits per heavy atom. The standard InChI is InChI=1S/C17H20N6O4/c1-22(2)17-20-10(19-16(18)21-17)7-27-11(24)6-23-14(25)12-8-3-4-9(5-8)13(12)15(23)26/h3-4,8-9,12-13H,5-7H2,1-2H3,(H2,18,19,20,21). The van der Waals surface area contributed by atoms with Gasteiger partial charge in [0.2, 0.25) is 23.7 Å². The molecular weight excluding hydrogens is 352 g/mol. The molecule has 1 saturated heterocycles. The zero-order valence-electron chi connectivity index (χ0n) is 15.0. The number of carbonyl (C=O) groups excluding carboxylic acids is 3. The maximum Gasteiger partial charge on any atom is 0.326 e. The molecule has 2 aliphatic carbocycles. The third-order valence-corrected chi connectivity index (χ3v) is 5.30. The number of aromatic nitrogens is 3. The predicted octanol–water partition coefficient (Wildman–Crippen LogP) is -0.630. The highest BCUT2D eigenvalue weighted by molar-refractivity contribution is 6.08. The maximum absolute atomic E-state index is 12.6. The van der Waals surface area contributed by atoms with Crippen LogP contribution in [0.15, 0.2) is 12.2 Å². The van der Waals surface area contributed by atoms with Gasteiger partial charge in [0, 0.05) is 14.1 Å². The molecule has 1 aromatic heterocycles. The van der Waals surface area contributed by atoms with E-state index in [0.29, 0.717) is 5.95 Å².